The fraction of sp³-hybridized carbons (Fsp3) is 0.440. The summed E-state index contributed by atoms with van der Waals surface area (Å²) in [5.74, 6) is -0.697. The van der Waals surface area contributed by atoms with Crippen LogP contribution in [0.4, 0.5) is 17.6 Å². The monoisotopic (exact) mass is 503 g/mol. The first-order valence-electron chi connectivity index (χ1n) is 11.9. The van der Waals surface area contributed by atoms with Gasteiger partial charge in [-0.1, -0.05) is 11.3 Å². The van der Waals surface area contributed by atoms with Gasteiger partial charge in [-0.3, -0.25) is 14.7 Å². The standard InChI is InChI=1S/C25H25F4N5O2/c26-19-4-1-15(20(12-19)25(27,28)29)3-6-23(35)33-9-7-17-13-34(14-18(17)8-10-33)24(36)16-2-5-21-22(11-16)31-32-30-21/h1-2,4-5,11-12,17-18H,3,6-10,13-14H2,(H,30,31,32). The van der Waals surface area contributed by atoms with Crippen LogP contribution < -0.4 is 0 Å². The van der Waals surface area contributed by atoms with Crippen molar-refractivity contribution in [3.63, 3.8) is 0 Å². The molecule has 3 heterocycles. The van der Waals surface area contributed by atoms with Crippen LogP contribution in [-0.4, -0.2) is 63.2 Å². The molecule has 5 rings (SSSR count). The zero-order valence-corrected chi connectivity index (χ0v) is 19.4. The number of hydrogen-bond donors (Lipinski definition) is 1. The average molecular weight is 504 g/mol. The highest BCUT2D eigenvalue weighted by atomic mass is 19.4. The summed E-state index contributed by atoms with van der Waals surface area (Å²) in [5.41, 5.74) is 0.835. The lowest BCUT2D eigenvalue weighted by atomic mass is 9.92. The Labute approximate surface area is 204 Å². The summed E-state index contributed by atoms with van der Waals surface area (Å²) < 4.78 is 53.1. The van der Waals surface area contributed by atoms with Crippen molar-refractivity contribution in [2.24, 2.45) is 11.8 Å². The molecular weight excluding hydrogens is 478 g/mol. The zero-order chi connectivity index (χ0) is 25.4. The summed E-state index contributed by atoms with van der Waals surface area (Å²) in [5, 5.41) is 10.5. The fourth-order valence-corrected chi connectivity index (χ4v) is 5.35. The van der Waals surface area contributed by atoms with Crippen LogP contribution in [0, 0.1) is 17.7 Å². The second kappa shape index (κ2) is 9.51. The number of nitrogens with one attached hydrogen (secondary N) is 1. The maximum atomic E-state index is 13.3. The molecule has 2 aliphatic heterocycles. The number of amides is 2. The van der Waals surface area contributed by atoms with Crippen molar-refractivity contribution in [3.05, 3.63) is 58.9 Å². The molecule has 2 aromatic carbocycles. The highest BCUT2D eigenvalue weighted by molar-refractivity contribution is 5.97. The summed E-state index contributed by atoms with van der Waals surface area (Å²) in [4.78, 5) is 29.4. The molecule has 36 heavy (non-hydrogen) atoms. The molecule has 11 heteroatoms. The lowest BCUT2D eigenvalue weighted by molar-refractivity contribution is -0.139. The number of H-pyrrole nitrogens is 1. The van der Waals surface area contributed by atoms with Crippen molar-refractivity contribution >= 4 is 22.8 Å². The van der Waals surface area contributed by atoms with Crippen LogP contribution in [0.3, 0.4) is 0 Å². The third kappa shape index (κ3) is 4.91. The Morgan fingerprint density at radius 3 is 2.42 bits per heavy atom. The smallest absolute Gasteiger partial charge is 0.343 e. The molecule has 2 unspecified atom stereocenters. The van der Waals surface area contributed by atoms with E-state index in [0.717, 1.165) is 30.5 Å². The highest BCUT2D eigenvalue weighted by Crippen LogP contribution is 2.34. The number of benzene rings is 2. The molecule has 2 amide bonds. The fourth-order valence-electron chi connectivity index (χ4n) is 5.35. The van der Waals surface area contributed by atoms with Gasteiger partial charge in [-0.15, -0.1) is 5.10 Å². The molecule has 190 valence electrons. The highest BCUT2D eigenvalue weighted by Gasteiger charge is 2.38. The third-order valence-electron chi connectivity index (χ3n) is 7.31. The van der Waals surface area contributed by atoms with Gasteiger partial charge in [0.1, 0.15) is 11.3 Å². The van der Waals surface area contributed by atoms with E-state index in [2.05, 4.69) is 15.4 Å². The topological polar surface area (TPSA) is 82.2 Å². The number of aryl methyl sites for hydroxylation is 1. The van der Waals surface area contributed by atoms with Crippen LogP contribution in [-0.2, 0) is 17.4 Å². The molecule has 2 fully saturated rings. The van der Waals surface area contributed by atoms with E-state index in [1.165, 1.54) is 0 Å². The number of aromatic amines is 1. The minimum atomic E-state index is -4.68. The Kier molecular flexibility index (Phi) is 6.40. The second-order valence-corrected chi connectivity index (χ2v) is 9.53. The molecule has 2 atom stereocenters. The van der Waals surface area contributed by atoms with E-state index < -0.39 is 17.6 Å². The minimum absolute atomic E-state index is 0.0549. The molecule has 0 aliphatic carbocycles. The van der Waals surface area contributed by atoms with Gasteiger partial charge >= 0.3 is 6.18 Å². The second-order valence-electron chi connectivity index (χ2n) is 9.53. The summed E-state index contributed by atoms with van der Waals surface area (Å²) >= 11 is 0. The molecular formula is C25H25F4N5O2. The van der Waals surface area contributed by atoms with E-state index in [1.54, 1.807) is 23.1 Å². The molecule has 1 aromatic heterocycles. The van der Waals surface area contributed by atoms with E-state index in [4.69, 9.17) is 0 Å². The number of aromatic nitrogens is 3. The van der Waals surface area contributed by atoms with Crippen LogP contribution in [0.1, 0.15) is 40.7 Å². The molecule has 7 nitrogen and oxygen atoms in total. The van der Waals surface area contributed by atoms with Crippen molar-refractivity contribution in [2.45, 2.75) is 31.9 Å². The average Bonchev–Trinajstić information content (AvgIpc) is 3.44. The SMILES string of the molecule is O=C(CCc1ccc(F)cc1C(F)(F)F)N1CCC2CN(C(=O)c3ccc4[nH]nnc4c3)CC2CC1. The largest absolute Gasteiger partial charge is 0.416 e. The normalized spacial score (nSPS) is 20.4. The molecule has 3 aromatic rings. The number of carbonyl (C=O) groups excluding carboxylic acids is 2. The Balaban J connectivity index is 1.17. The van der Waals surface area contributed by atoms with E-state index in [0.29, 0.717) is 43.3 Å². The molecule has 1 N–H and O–H groups in total. The number of halogens is 4. The third-order valence-corrected chi connectivity index (χ3v) is 7.31. The first kappa shape index (κ1) is 24.2. The van der Waals surface area contributed by atoms with E-state index >= 15 is 0 Å². The number of rotatable bonds is 4. The Morgan fingerprint density at radius 2 is 1.72 bits per heavy atom. The molecule has 0 saturated carbocycles. The van der Waals surface area contributed by atoms with Gasteiger partial charge in [-0.2, -0.15) is 13.2 Å². The van der Waals surface area contributed by atoms with Gasteiger partial charge in [0.25, 0.3) is 5.91 Å². The summed E-state index contributed by atoms with van der Waals surface area (Å²) in [6, 6.07) is 7.82. The minimum Gasteiger partial charge on any atom is -0.343 e. The first-order valence-corrected chi connectivity index (χ1v) is 11.9. The lowest BCUT2D eigenvalue weighted by Gasteiger charge is -2.23. The maximum Gasteiger partial charge on any atom is 0.416 e. The zero-order valence-electron chi connectivity index (χ0n) is 19.4. The molecule has 0 bridgehead atoms. The van der Waals surface area contributed by atoms with Gasteiger partial charge in [-0.05, 0) is 67.0 Å². The van der Waals surface area contributed by atoms with E-state index in [-0.39, 0.29) is 42.1 Å². The van der Waals surface area contributed by atoms with E-state index in [1.807, 2.05) is 4.90 Å². The van der Waals surface area contributed by atoms with Gasteiger partial charge in [-0.25, -0.2) is 4.39 Å². The molecule has 0 spiro atoms. The lowest BCUT2D eigenvalue weighted by Crippen LogP contribution is -2.34. The van der Waals surface area contributed by atoms with Crippen LogP contribution in [0.25, 0.3) is 11.0 Å². The van der Waals surface area contributed by atoms with E-state index in [9.17, 15) is 27.2 Å². The number of likely N-dealkylation sites (tertiary alicyclic amines) is 2. The number of fused-ring (bicyclic) bond motifs is 2. The van der Waals surface area contributed by atoms with Crippen molar-refractivity contribution < 1.29 is 27.2 Å². The predicted octanol–water partition coefficient (Wildman–Crippen LogP) is 4.06. The van der Waals surface area contributed by atoms with Crippen molar-refractivity contribution in [3.8, 4) is 0 Å². The van der Waals surface area contributed by atoms with Crippen LogP contribution in [0.2, 0.25) is 0 Å². The number of hydrogen-bond acceptors (Lipinski definition) is 4. The van der Waals surface area contributed by atoms with Gasteiger partial charge in [0.15, 0.2) is 0 Å². The van der Waals surface area contributed by atoms with Crippen LogP contribution >= 0.6 is 0 Å². The van der Waals surface area contributed by atoms with Gasteiger partial charge < -0.3 is 9.80 Å². The summed E-state index contributed by atoms with van der Waals surface area (Å²) in [6.45, 7) is 2.21. The number of nitrogens with zero attached hydrogens (tertiary/aromatic N) is 4. The molecule has 2 saturated heterocycles. The predicted molar refractivity (Wildman–Crippen MR) is 122 cm³/mol. The number of carbonyl (C=O) groups is 2. The maximum absolute atomic E-state index is 13.3. The number of alkyl halides is 3. The Bertz CT molecular complexity index is 1270. The molecule has 0 radical (unpaired) electrons. The van der Waals surface area contributed by atoms with Crippen molar-refractivity contribution in [2.75, 3.05) is 26.2 Å². The van der Waals surface area contributed by atoms with Crippen molar-refractivity contribution in [1.82, 2.24) is 25.2 Å². The summed E-state index contributed by atoms with van der Waals surface area (Å²) in [6.07, 6.45) is -3.39. The van der Waals surface area contributed by atoms with Crippen LogP contribution in [0.5, 0.6) is 0 Å². The summed E-state index contributed by atoms with van der Waals surface area (Å²) in [7, 11) is 0. The molecule has 2 aliphatic rings. The Hall–Kier alpha value is -3.50. The van der Waals surface area contributed by atoms with Gasteiger partial charge in [0.05, 0.1) is 11.1 Å². The van der Waals surface area contributed by atoms with Gasteiger partial charge in [0.2, 0.25) is 5.91 Å². The van der Waals surface area contributed by atoms with Crippen molar-refractivity contribution in [1.29, 1.82) is 0 Å². The van der Waals surface area contributed by atoms with Gasteiger partial charge in [0, 0.05) is 38.2 Å². The quantitative estimate of drug-likeness (QED) is 0.545. The Morgan fingerprint density at radius 1 is 1.00 bits per heavy atom. The van der Waals surface area contributed by atoms with Crippen LogP contribution in [0.15, 0.2) is 36.4 Å². The first-order chi connectivity index (χ1) is 17.2.